The fraction of sp³-hybridized carbons (Fsp3) is 0.917. The second-order valence-corrected chi connectivity index (χ2v) is 5.06. The van der Waals surface area contributed by atoms with E-state index in [1.165, 1.54) is 6.42 Å². The van der Waals surface area contributed by atoms with Crippen LogP contribution in [0, 0.1) is 5.41 Å². The van der Waals surface area contributed by atoms with Crippen LogP contribution in [-0.2, 0) is 4.74 Å². The first-order valence-corrected chi connectivity index (χ1v) is 6.11. The van der Waals surface area contributed by atoms with Crippen LogP contribution in [0.4, 0.5) is 0 Å². The van der Waals surface area contributed by atoms with Gasteiger partial charge in [0, 0.05) is 26.7 Å². The number of hydrogen-bond acceptors (Lipinski definition) is 2. The molecule has 0 spiro atoms. The molecule has 17 heavy (non-hydrogen) atoms. The second-order valence-electron chi connectivity index (χ2n) is 5.06. The van der Waals surface area contributed by atoms with Crippen LogP contribution in [0.15, 0.2) is 4.99 Å². The Morgan fingerprint density at radius 1 is 1.47 bits per heavy atom. The maximum Gasteiger partial charge on any atom is 0.194 e. The zero-order valence-electron chi connectivity index (χ0n) is 11.5. The molecule has 1 aliphatic rings. The van der Waals surface area contributed by atoms with Crippen molar-refractivity contribution < 1.29 is 4.74 Å². The van der Waals surface area contributed by atoms with Crippen molar-refractivity contribution in [3.63, 3.8) is 0 Å². The highest BCUT2D eigenvalue weighted by atomic mass is 127. The van der Waals surface area contributed by atoms with Crippen molar-refractivity contribution in [1.82, 2.24) is 10.2 Å². The minimum atomic E-state index is 0. The van der Waals surface area contributed by atoms with Crippen LogP contribution in [0.3, 0.4) is 0 Å². The largest absolute Gasteiger partial charge is 0.383 e. The Hall–Kier alpha value is -0.0400. The molecule has 0 atom stereocenters. The Kier molecular flexibility index (Phi) is 8.11. The zero-order valence-corrected chi connectivity index (χ0v) is 13.8. The molecule has 4 nitrogen and oxygen atoms in total. The Balaban J connectivity index is 0.00000256. The topological polar surface area (TPSA) is 36.9 Å². The van der Waals surface area contributed by atoms with Crippen LogP contribution < -0.4 is 5.32 Å². The highest BCUT2D eigenvalue weighted by molar-refractivity contribution is 14.0. The van der Waals surface area contributed by atoms with Crippen LogP contribution >= 0.6 is 24.0 Å². The highest BCUT2D eigenvalue weighted by Gasteiger charge is 2.30. The van der Waals surface area contributed by atoms with Gasteiger partial charge in [-0.25, -0.2) is 0 Å². The van der Waals surface area contributed by atoms with Gasteiger partial charge in [-0.1, -0.05) is 13.8 Å². The molecular weight excluding hydrogens is 329 g/mol. The summed E-state index contributed by atoms with van der Waals surface area (Å²) >= 11 is 0. The summed E-state index contributed by atoms with van der Waals surface area (Å²) in [6.45, 7) is 11.3. The molecule has 102 valence electrons. The summed E-state index contributed by atoms with van der Waals surface area (Å²) < 4.78 is 5.02. The van der Waals surface area contributed by atoms with E-state index in [2.05, 4.69) is 36.0 Å². The molecule has 0 radical (unpaired) electrons. The first-order chi connectivity index (χ1) is 7.59. The molecule has 1 N–H and O–H groups in total. The lowest BCUT2D eigenvalue weighted by atomic mass is 9.93. The standard InChI is InChI=1S/C12H25N3O.HI/c1-5-13-11(14-7-9-16-4)15-8-6-12(2,3)10-15;/h5-10H2,1-4H3,(H,13,14);1H. The predicted molar refractivity (Wildman–Crippen MR) is 83.2 cm³/mol. The number of nitrogens with one attached hydrogen (secondary N) is 1. The van der Waals surface area contributed by atoms with E-state index in [0.717, 1.165) is 32.1 Å². The summed E-state index contributed by atoms with van der Waals surface area (Å²) in [6, 6.07) is 0. The third-order valence-corrected chi connectivity index (χ3v) is 2.87. The van der Waals surface area contributed by atoms with Gasteiger partial charge in [-0.2, -0.15) is 0 Å². The molecule has 0 amide bonds. The lowest BCUT2D eigenvalue weighted by molar-refractivity contribution is 0.207. The molecule has 0 bridgehead atoms. The van der Waals surface area contributed by atoms with E-state index in [-0.39, 0.29) is 24.0 Å². The summed E-state index contributed by atoms with van der Waals surface area (Å²) in [5.74, 6) is 1.03. The number of guanidine groups is 1. The average Bonchev–Trinajstić information content (AvgIpc) is 2.58. The van der Waals surface area contributed by atoms with Gasteiger partial charge in [0.25, 0.3) is 0 Å². The number of methoxy groups -OCH3 is 1. The first kappa shape index (κ1) is 17.0. The molecule has 1 rings (SSSR count). The highest BCUT2D eigenvalue weighted by Crippen LogP contribution is 2.28. The lowest BCUT2D eigenvalue weighted by Crippen LogP contribution is -2.41. The van der Waals surface area contributed by atoms with E-state index in [4.69, 9.17) is 4.74 Å². The number of likely N-dealkylation sites (tertiary alicyclic amines) is 1. The van der Waals surface area contributed by atoms with Gasteiger partial charge >= 0.3 is 0 Å². The molecule has 0 saturated carbocycles. The molecule has 0 aromatic carbocycles. The fourth-order valence-electron chi connectivity index (χ4n) is 1.96. The number of rotatable bonds is 4. The number of nitrogens with zero attached hydrogens (tertiary/aromatic N) is 2. The molecule has 1 heterocycles. The van der Waals surface area contributed by atoms with Crippen molar-refractivity contribution in [3.8, 4) is 0 Å². The van der Waals surface area contributed by atoms with E-state index in [9.17, 15) is 0 Å². The maximum absolute atomic E-state index is 5.02. The van der Waals surface area contributed by atoms with Crippen molar-refractivity contribution in [2.45, 2.75) is 27.2 Å². The molecular formula is C12H26IN3O. The smallest absolute Gasteiger partial charge is 0.194 e. The Morgan fingerprint density at radius 3 is 2.65 bits per heavy atom. The third kappa shape index (κ3) is 5.90. The van der Waals surface area contributed by atoms with Crippen LogP contribution in [0.2, 0.25) is 0 Å². The van der Waals surface area contributed by atoms with Gasteiger partial charge in [0.1, 0.15) is 0 Å². The van der Waals surface area contributed by atoms with Gasteiger partial charge in [-0.3, -0.25) is 4.99 Å². The second kappa shape index (κ2) is 8.13. The van der Waals surface area contributed by atoms with E-state index in [1.807, 2.05) is 0 Å². The number of ether oxygens (including phenoxy) is 1. The van der Waals surface area contributed by atoms with Gasteiger partial charge in [-0.15, -0.1) is 24.0 Å². The monoisotopic (exact) mass is 355 g/mol. The molecule has 0 unspecified atom stereocenters. The minimum Gasteiger partial charge on any atom is -0.383 e. The third-order valence-electron chi connectivity index (χ3n) is 2.87. The molecule has 1 saturated heterocycles. The van der Waals surface area contributed by atoms with Crippen molar-refractivity contribution in [3.05, 3.63) is 0 Å². The van der Waals surface area contributed by atoms with Crippen molar-refractivity contribution in [1.29, 1.82) is 0 Å². The van der Waals surface area contributed by atoms with Gasteiger partial charge < -0.3 is 15.0 Å². The zero-order chi connectivity index (χ0) is 12.0. The van der Waals surface area contributed by atoms with E-state index in [0.29, 0.717) is 12.0 Å². The van der Waals surface area contributed by atoms with Crippen LogP contribution in [0.25, 0.3) is 0 Å². The van der Waals surface area contributed by atoms with Gasteiger partial charge in [0.2, 0.25) is 0 Å². The molecule has 0 aliphatic carbocycles. The summed E-state index contributed by atoms with van der Waals surface area (Å²) in [5, 5.41) is 3.34. The quantitative estimate of drug-likeness (QED) is 0.363. The van der Waals surface area contributed by atoms with Gasteiger partial charge in [0.15, 0.2) is 5.96 Å². The van der Waals surface area contributed by atoms with Crippen molar-refractivity contribution >= 4 is 29.9 Å². The Bertz CT molecular complexity index is 244. The minimum absolute atomic E-state index is 0. The van der Waals surface area contributed by atoms with Gasteiger partial charge in [0.05, 0.1) is 13.2 Å². The van der Waals surface area contributed by atoms with Gasteiger partial charge in [-0.05, 0) is 18.8 Å². The Morgan fingerprint density at radius 2 is 2.18 bits per heavy atom. The van der Waals surface area contributed by atoms with Crippen LogP contribution in [0.5, 0.6) is 0 Å². The summed E-state index contributed by atoms with van der Waals surface area (Å²) in [5.41, 5.74) is 0.414. The molecule has 1 aliphatic heterocycles. The van der Waals surface area contributed by atoms with E-state index in [1.54, 1.807) is 7.11 Å². The van der Waals surface area contributed by atoms with Crippen molar-refractivity contribution in [2.75, 3.05) is 39.9 Å². The predicted octanol–water partition coefficient (Wildman–Crippen LogP) is 1.95. The molecule has 0 aromatic rings. The van der Waals surface area contributed by atoms with Crippen LogP contribution in [0.1, 0.15) is 27.2 Å². The molecule has 1 fully saturated rings. The summed E-state index contributed by atoms with van der Waals surface area (Å²) in [7, 11) is 1.71. The molecule has 0 aromatic heterocycles. The van der Waals surface area contributed by atoms with Crippen molar-refractivity contribution in [2.24, 2.45) is 10.4 Å². The maximum atomic E-state index is 5.02. The number of hydrogen-bond donors (Lipinski definition) is 1. The van der Waals surface area contributed by atoms with E-state index >= 15 is 0 Å². The Labute approximate surface area is 122 Å². The fourth-order valence-corrected chi connectivity index (χ4v) is 1.96. The summed E-state index contributed by atoms with van der Waals surface area (Å²) in [4.78, 5) is 6.90. The van der Waals surface area contributed by atoms with Crippen LogP contribution in [-0.4, -0.2) is 50.8 Å². The first-order valence-electron chi connectivity index (χ1n) is 6.11. The molecule has 5 heteroatoms. The summed E-state index contributed by atoms with van der Waals surface area (Å²) in [6.07, 6.45) is 1.24. The number of halogens is 1. The normalized spacial score (nSPS) is 19.1. The van der Waals surface area contributed by atoms with E-state index < -0.39 is 0 Å². The average molecular weight is 355 g/mol. The number of aliphatic imine (C=N–C) groups is 1. The lowest BCUT2D eigenvalue weighted by Gasteiger charge is -2.23. The SMILES string of the molecule is CCNC(=NCCOC)N1CCC(C)(C)C1.I.